The van der Waals surface area contributed by atoms with Crippen LogP contribution in [0.15, 0.2) is 12.2 Å². The van der Waals surface area contributed by atoms with E-state index in [4.69, 9.17) is 4.74 Å². The fourth-order valence-electron chi connectivity index (χ4n) is 7.97. The van der Waals surface area contributed by atoms with Gasteiger partial charge in [0.2, 0.25) is 0 Å². The molecule has 0 saturated heterocycles. The van der Waals surface area contributed by atoms with Crippen molar-refractivity contribution in [2.45, 2.75) is 78.2 Å². The third kappa shape index (κ3) is 2.30. The van der Waals surface area contributed by atoms with Crippen LogP contribution in [0.5, 0.6) is 0 Å². The largest absolute Gasteiger partial charge is 0.465 e. The molecule has 0 aliphatic heterocycles. The predicted octanol–water partition coefficient (Wildman–Crippen LogP) is 4.49. The fourth-order valence-corrected chi connectivity index (χ4v) is 7.97. The fraction of sp³-hybridized carbons (Fsp3) is 0.864. The van der Waals surface area contributed by atoms with Crippen LogP contribution in [-0.2, 0) is 9.53 Å². The standard InChI is InChI=1S/C22H34O3/c1-14-12-22-11-8-17-20(3,13-25-15(2)23)9-5-10-21(17,4)18(22)7-6-16(14)19(22)24/h16-19,24H,1,5-13H2,2-4H3/t16-,17-,18+,19?,20+,21-,22+/m1/s1. The van der Waals surface area contributed by atoms with Gasteiger partial charge in [-0.1, -0.05) is 32.4 Å². The molecule has 140 valence electrons. The van der Waals surface area contributed by atoms with Gasteiger partial charge in [-0.3, -0.25) is 4.79 Å². The number of esters is 1. The molecule has 1 unspecified atom stereocenters. The van der Waals surface area contributed by atoms with E-state index in [0.29, 0.717) is 24.4 Å². The number of aliphatic hydroxyl groups excluding tert-OH is 1. The van der Waals surface area contributed by atoms with Gasteiger partial charge in [0.1, 0.15) is 0 Å². The van der Waals surface area contributed by atoms with Crippen LogP contribution >= 0.6 is 0 Å². The average Bonchev–Trinajstić information content (AvgIpc) is 2.68. The highest BCUT2D eigenvalue weighted by molar-refractivity contribution is 5.65. The van der Waals surface area contributed by atoms with Gasteiger partial charge in [0.25, 0.3) is 0 Å². The molecule has 2 bridgehead atoms. The molecule has 4 aliphatic carbocycles. The number of hydrogen-bond acceptors (Lipinski definition) is 3. The second-order valence-corrected chi connectivity index (χ2v) is 10.1. The number of carbonyl (C=O) groups excluding carboxylic acids is 1. The molecular formula is C22H34O3. The Hall–Kier alpha value is -0.830. The lowest BCUT2D eigenvalue weighted by molar-refractivity contribution is -0.195. The van der Waals surface area contributed by atoms with E-state index in [1.54, 1.807) is 0 Å². The molecule has 4 aliphatic rings. The smallest absolute Gasteiger partial charge is 0.302 e. The molecule has 3 nitrogen and oxygen atoms in total. The van der Waals surface area contributed by atoms with E-state index in [0.717, 1.165) is 32.1 Å². The van der Waals surface area contributed by atoms with E-state index in [9.17, 15) is 9.90 Å². The lowest BCUT2D eigenvalue weighted by Gasteiger charge is -2.65. The van der Waals surface area contributed by atoms with Crippen molar-refractivity contribution in [3.05, 3.63) is 12.2 Å². The van der Waals surface area contributed by atoms with Gasteiger partial charge >= 0.3 is 5.97 Å². The number of fused-ring (bicyclic) bond motifs is 3. The molecule has 4 rings (SSSR count). The molecule has 0 aromatic rings. The maximum absolute atomic E-state index is 11.4. The Morgan fingerprint density at radius 2 is 1.96 bits per heavy atom. The minimum Gasteiger partial charge on any atom is -0.465 e. The molecule has 3 heteroatoms. The van der Waals surface area contributed by atoms with Crippen molar-refractivity contribution in [3.63, 3.8) is 0 Å². The normalized spacial score (nSPS) is 51.6. The first-order valence-electron chi connectivity index (χ1n) is 10.2. The summed E-state index contributed by atoms with van der Waals surface area (Å²) >= 11 is 0. The molecule has 1 spiro atoms. The van der Waals surface area contributed by atoms with E-state index < -0.39 is 0 Å². The van der Waals surface area contributed by atoms with Crippen LogP contribution in [0.1, 0.15) is 72.1 Å². The highest BCUT2D eigenvalue weighted by Gasteiger charge is 2.67. The molecule has 25 heavy (non-hydrogen) atoms. The van der Waals surface area contributed by atoms with Gasteiger partial charge < -0.3 is 9.84 Å². The van der Waals surface area contributed by atoms with E-state index in [2.05, 4.69) is 20.4 Å². The van der Waals surface area contributed by atoms with Crippen LogP contribution in [0.4, 0.5) is 0 Å². The van der Waals surface area contributed by atoms with Crippen molar-refractivity contribution in [3.8, 4) is 0 Å². The van der Waals surface area contributed by atoms with Gasteiger partial charge in [0.15, 0.2) is 0 Å². The quantitative estimate of drug-likeness (QED) is 0.592. The predicted molar refractivity (Wildman–Crippen MR) is 97.8 cm³/mol. The van der Waals surface area contributed by atoms with Gasteiger partial charge in [-0.25, -0.2) is 0 Å². The molecule has 7 atom stereocenters. The maximum atomic E-state index is 11.4. The first-order chi connectivity index (χ1) is 11.7. The second kappa shape index (κ2) is 5.58. The number of hydrogen-bond donors (Lipinski definition) is 1. The van der Waals surface area contributed by atoms with Crippen molar-refractivity contribution >= 4 is 5.97 Å². The Balaban J connectivity index is 1.67. The van der Waals surface area contributed by atoms with E-state index in [-0.39, 0.29) is 28.3 Å². The number of ether oxygens (including phenoxy) is 1. The average molecular weight is 347 g/mol. The van der Waals surface area contributed by atoms with Crippen molar-refractivity contribution in [1.82, 2.24) is 0 Å². The molecule has 4 saturated carbocycles. The van der Waals surface area contributed by atoms with E-state index >= 15 is 0 Å². The van der Waals surface area contributed by atoms with E-state index in [1.807, 2.05) is 0 Å². The van der Waals surface area contributed by atoms with Crippen molar-refractivity contribution in [1.29, 1.82) is 0 Å². The van der Waals surface area contributed by atoms with Crippen LogP contribution in [0.25, 0.3) is 0 Å². The monoisotopic (exact) mass is 346 g/mol. The zero-order valence-corrected chi connectivity index (χ0v) is 16.1. The van der Waals surface area contributed by atoms with Crippen molar-refractivity contribution in [2.24, 2.45) is 34.0 Å². The van der Waals surface area contributed by atoms with Gasteiger partial charge in [-0.05, 0) is 62.2 Å². The van der Waals surface area contributed by atoms with Gasteiger partial charge in [0.05, 0.1) is 12.7 Å². The molecule has 1 N–H and O–H groups in total. The molecular weight excluding hydrogens is 312 g/mol. The number of rotatable bonds is 2. The summed E-state index contributed by atoms with van der Waals surface area (Å²) in [4.78, 5) is 11.4. The molecule has 0 amide bonds. The van der Waals surface area contributed by atoms with Crippen molar-refractivity contribution < 1.29 is 14.6 Å². The SMILES string of the molecule is C=C1C[C@@]23CC[C@@H]4[C@](C)(COC(C)=O)CCC[C@@]4(C)[C@@H]2CC[C@H]1C3O. The van der Waals surface area contributed by atoms with Crippen LogP contribution in [-0.4, -0.2) is 23.8 Å². The summed E-state index contributed by atoms with van der Waals surface area (Å²) in [5, 5.41) is 11.1. The highest BCUT2D eigenvalue weighted by atomic mass is 16.5. The topological polar surface area (TPSA) is 46.5 Å². The van der Waals surface area contributed by atoms with Gasteiger partial charge in [0, 0.05) is 23.7 Å². The van der Waals surface area contributed by atoms with Crippen LogP contribution in [0.3, 0.4) is 0 Å². The summed E-state index contributed by atoms with van der Waals surface area (Å²) in [6, 6.07) is 0. The maximum Gasteiger partial charge on any atom is 0.302 e. The summed E-state index contributed by atoms with van der Waals surface area (Å²) in [7, 11) is 0. The van der Waals surface area contributed by atoms with Crippen LogP contribution in [0, 0.1) is 34.0 Å². The molecule has 0 heterocycles. The van der Waals surface area contributed by atoms with Crippen LogP contribution < -0.4 is 0 Å². The Morgan fingerprint density at radius 3 is 2.68 bits per heavy atom. The Kier molecular flexibility index (Phi) is 3.92. The molecule has 0 radical (unpaired) electrons. The lowest BCUT2D eigenvalue weighted by Crippen LogP contribution is -2.60. The number of aliphatic hydroxyl groups is 1. The van der Waals surface area contributed by atoms with Crippen LogP contribution in [0.2, 0.25) is 0 Å². The lowest BCUT2D eigenvalue weighted by atomic mass is 9.40. The highest BCUT2D eigenvalue weighted by Crippen LogP contribution is 2.72. The minimum atomic E-state index is -0.182. The third-order valence-corrected chi connectivity index (χ3v) is 8.91. The zero-order valence-electron chi connectivity index (χ0n) is 16.1. The van der Waals surface area contributed by atoms with Crippen molar-refractivity contribution in [2.75, 3.05) is 6.61 Å². The molecule has 0 aromatic heterocycles. The zero-order chi connectivity index (χ0) is 18.0. The first kappa shape index (κ1) is 17.6. The molecule has 0 aromatic carbocycles. The number of carbonyl (C=O) groups is 1. The Labute approximate surface area is 152 Å². The Morgan fingerprint density at radius 1 is 1.20 bits per heavy atom. The first-order valence-corrected chi connectivity index (χ1v) is 10.2. The second-order valence-electron chi connectivity index (χ2n) is 10.1. The summed E-state index contributed by atoms with van der Waals surface area (Å²) in [6.07, 6.45) is 9.07. The summed E-state index contributed by atoms with van der Waals surface area (Å²) in [6.45, 7) is 11.2. The van der Waals surface area contributed by atoms with E-state index in [1.165, 1.54) is 31.8 Å². The van der Waals surface area contributed by atoms with Gasteiger partial charge in [-0.2, -0.15) is 0 Å². The summed E-state index contributed by atoms with van der Waals surface area (Å²) in [5.74, 6) is 1.35. The molecule has 4 fully saturated rings. The third-order valence-electron chi connectivity index (χ3n) is 8.91. The summed E-state index contributed by atoms with van der Waals surface area (Å²) < 4.78 is 5.51. The Bertz CT molecular complexity index is 598. The van der Waals surface area contributed by atoms with Gasteiger partial charge in [-0.15, -0.1) is 0 Å². The minimum absolute atomic E-state index is 0.0743. The summed E-state index contributed by atoms with van der Waals surface area (Å²) in [5.41, 5.74) is 1.71.